The van der Waals surface area contributed by atoms with E-state index in [0.717, 1.165) is 12.3 Å². The van der Waals surface area contributed by atoms with Crippen LogP contribution >= 0.6 is 0 Å². The molecule has 0 bridgehead atoms. The predicted molar refractivity (Wildman–Crippen MR) is 38.2 cm³/mol. The van der Waals surface area contributed by atoms with Crippen LogP contribution in [0, 0.1) is 11.8 Å². The third-order valence-electron chi connectivity index (χ3n) is 2.42. The van der Waals surface area contributed by atoms with Crippen molar-refractivity contribution in [2.45, 2.75) is 39.2 Å². The van der Waals surface area contributed by atoms with Gasteiger partial charge in [-0.1, -0.05) is 20.3 Å². The molecule has 1 saturated carbocycles. The zero-order valence-electron chi connectivity index (χ0n) is 6.30. The first-order valence-corrected chi connectivity index (χ1v) is 3.88. The van der Waals surface area contributed by atoms with Crippen molar-refractivity contribution in [3.63, 3.8) is 0 Å². The summed E-state index contributed by atoms with van der Waals surface area (Å²) < 4.78 is 0. The van der Waals surface area contributed by atoms with Gasteiger partial charge < -0.3 is 5.11 Å². The van der Waals surface area contributed by atoms with Gasteiger partial charge in [-0.3, -0.25) is 0 Å². The Morgan fingerprint density at radius 1 is 1.22 bits per heavy atom. The minimum absolute atomic E-state index is 0.0197. The Balaban J connectivity index is 2.35. The quantitative estimate of drug-likeness (QED) is 0.527. The Hall–Kier alpha value is -0.0400. The number of rotatable bonds is 0. The summed E-state index contributed by atoms with van der Waals surface area (Å²) in [6.45, 7) is 4.35. The fourth-order valence-corrected chi connectivity index (χ4v) is 1.50. The van der Waals surface area contributed by atoms with E-state index in [1.54, 1.807) is 0 Å². The number of aliphatic hydroxyl groups excluding tert-OH is 1. The molecule has 0 spiro atoms. The van der Waals surface area contributed by atoms with Crippen LogP contribution in [0.2, 0.25) is 0 Å². The van der Waals surface area contributed by atoms with E-state index < -0.39 is 0 Å². The third-order valence-corrected chi connectivity index (χ3v) is 2.42. The Kier molecular flexibility index (Phi) is 2.12. The Morgan fingerprint density at radius 2 is 1.89 bits per heavy atom. The number of hydrogen-bond donors (Lipinski definition) is 1. The predicted octanol–water partition coefficient (Wildman–Crippen LogP) is 1.80. The summed E-state index contributed by atoms with van der Waals surface area (Å²) in [5.41, 5.74) is 0. The van der Waals surface area contributed by atoms with Crippen LogP contribution in [0.15, 0.2) is 0 Å². The second kappa shape index (κ2) is 2.70. The highest BCUT2D eigenvalue weighted by atomic mass is 16.3. The van der Waals surface area contributed by atoms with Gasteiger partial charge in [-0.15, -0.1) is 0 Å². The van der Waals surface area contributed by atoms with Crippen LogP contribution in [0.25, 0.3) is 0 Å². The molecule has 0 aromatic heterocycles. The van der Waals surface area contributed by atoms with E-state index in [2.05, 4.69) is 13.8 Å². The molecular weight excluding hydrogens is 112 g/mol. The molecule has 0 aliphatic heterocycles. The smallest absolute Gasteiger partial charge is 0.0568 e. The molecule has 3 atom stereocenters. The van der Waals surface area contributed by atoms with E-state index in [9.17, 15) is 5.11 Å². The number of hydrogen-bond acceptors (Lipinski definition) is 1. The van der Waals surface area contributed by atoms with Gasteiger partial charge >= 0.3 is 0 Å². The second-order valence-corrected chi connectivity index (χ2v) is 3.46. The van der Waals surface area contributed by atoms with Crippen molar-refractivity contribution < 1.29 is 5.11 Å². The normalized spacial score (nSPS) is 45.0. The zero-order chi connectivity index (χ0) is 6.85. The third kappa shape index (κ3) is 1.68. The largest absolute Gasteiger partial charge is 0.393 e. The summed E-state index contributed by atoms with van der Waals surface area (Å²) >= 11 is 0. The lowest BCUT2D eigenvalue weighted by molar-refractivity contribution is 0.0577. The lowest BCUT2D eigenvalue weighted by Crippen LogP contribution is -2.25. The van der Waals surface area contributed by atoms with Gasteiger partial charge in [0, 0.05) is 0 Å². The molecule has 1 aliphatic rings. The van der Waals surface area contributed by atoms with Gasteiger partial charge in [-0.05, 0) is 24.7 Å². The van der Waals surface area contributed by atoms with Crippen molar-refractivity contribution in [3.05, 3.63) is 0 Å². The molecule has 1 aliphatic carbocycles. The van der Waals surface area contributed by atoms with Crippen LogP contribution in [-0.4, -0.2) is 11.2 Å². The first-order chi connectivity index (χ1) is 4.20. The van der Waals surface area contributed by atoms with Crippen molar-refractivity contribution in [2.24, 2.45) is 11.8 Å². The van der Waals surface area contributed by atoms with E-state index in [1.807, 2.05) is 0 Å². The molecule has 1 N–H and O–H groups in total. The molecule has 1 heteroatoms. The topological polar surface area (TPSA) is 20.2 Å². The monoisotopic (exact) mass is 128 g/mol. The fraction of sp³-hybridized carbons (Fsp3) is 1.00. The highest BCUT2D eigenvalue weighted by Crippen LogP contribution is 2.27. The molecule has 9 heavy (non-hydrogen) atoms. The average Bonchev–Trinajstić information content (AvgIpc) is 1.80. The van der Waals surface area contributed by atoms with Gasteiger partial charge in [0.2, 0.25) is 0 Å². The molecular formula is C8H16O. The van der Waals surface area contributed by atoms with Crippen molar-refractivity contribution in [3.8, 4) is 0 Å². The molecule has 1 rings (SSSR count). The van der Waals surface area contributed by atoms with E-state index in [-0.39, 0.29) is 6.10 Å². The summed E-state index contributed by atoms with van der Waals surface area (Å²) in [6, 6.07) is 0. The zero-order valence-corrected chi connectivity index (χ0v) is 6.30. The van der Waals surface area contributed by atoms with Crippen molar-refractivity contribution >= 4 is 0 Å². The van der Waals surface area contributed by atoms with E-state index >= 15 is 0 Å². The molecule has 0 aromatic rings. The molecule has 1 nitrogen and oxygen atoms in total. The van der Waals surface area contributed by atoms with Gasteiger partial charge in [0.05, 0.1) is 6.10 Å². The van der Waals surface area contributed by atoms with Crippen molar-refractivity contribution in [2.75, 3.05) is 0 Å². The highest BCUT2D eigenvalue weighted by molar-refractivity contribution is 4.74. The molecule has 1 unspecified atom stereocenters. The summed E-state index contributed by atoms with van der Waals surface area (Å²) in [5, 5.41) is 9.35. The van der Waals surface area contributed by atoms with Gasteiger partial charge in [-0.2, -0.15) is 0 Å². The van der Waals surface area contributed by atoms with Crippen LogP contribution in [0.4, 0.5) is 0 Å². The maximum absolute atomic E-state index is 9.35. The van der Waals surface area contributed by atoms with Crippen molar-refractivity contribution in [1.82, 2.24) is 0 Å². The average molecular weight is 128 g/mol. The van der Waals surface area contributed by atoms with E-state index in [1.165, 1.54) is 12.8 Å². The van der Waals surface area contributed by atoms with Crippen LogP contribution < -0.4 is 0 Å². The van der Waals surface area contributed by atoms with Gasteiger partial charge in [-0.25, -0.2) is 0 Å². The van der Waals surface area contributed by atoms with Crippen LogP contribution in [0.5, 0.6) is 0 Å². The first kappa shape index (κ1) is 7.07. The molecule has 0 amide bonds. The minimum atomic E-state index is -0.0197. The summed E-state index contributed by atoms with van der Waals surface area (Å²) in [4.78, 5) is 0. The van der Waals surface area contributed by atoms with Gasteiger partial charge in [0.15, 0.2) is 0 Å². The second-order valence-electron chi connectivity index (χ2n) is 3.46. The lowest BCUT2D eigenvalue weighted by Gasteiger charge is -2.28. The SMILES string of the molecule is C[C@@H]1CC[C@@H](C)C(O)C1. The lowest BCUT2D eigenvalue weighted by atomic mass is 9.82. The van der Waals surface area contributed by atoms with Crippen LogP contribution in [0.1, 0.15) is 33.1 Å². The standard InChI is InChI=1S/C8H16O/c1-6-3-4-7(2)8(9)5-6/h6-9H,3-5H2,1-2H3/t6-,7-,8?/m1/s1. The Bertz CT molecular complexity index is 90.6. The molecule has 1 fully saturated rings. The summed E-state index contributed by atoms with van der Waals surface area (Å²) in [7, 11) is 0. The molecule has 0 saturated heterocycles. The molecule has 0 aromatic carbocycles. The number of aliphatic hydroxyl groups is 1. The summed E-state index contributed by atoms with van der Waals surface area (Å²) in [6.07, 6.45) is 3.51. The maximum Gasteiger partial charge on any atom is 0.0568 e. The van der Waals surface area contributed by atoms with Gasteiger partial charge in [0.1, 0.15) is 0 Å². The van der Waals surface area contributed by atoms with Gasteiger partial charge in [0.25, 0.3) is 0 Å². The fourth-order valence-electron chi connectivity index (χ4n) is 1.50. The molecule has 0 heterocycles. The Morgan fingerprint density at radius 3 is 2.33 bits per heavy atom. The highest BCUT2D eigenvalue weighted by Gasteiger charge is 2.22. The Labute approximate surface area is 57.1 Å². The molecule has 54 valence electrons. The minimum Gasteiger partial charge on any atom is -0.393 e. The first-order valence-electron chi connectivity index (χ1n) is 3.88. The van der Waals surface area contributed by atoms with Crippen LogP contribution in [0.3, 0.4) is 0 Å². The molecule has 0 radical (unpaired) electrons. The van der Waals surface area contributed by atoms with Crippen molar-refractivity contribution in [1.29, 1.82) is 0 Å². The van der Waals surface area contributed by atoms with E-state index in [0.29, 0.717) is 5.92 Å². The van der Waals surface area contributed by atoms with Crippen LogP contribution in [-0.2, 0) is 0 Å². The summed E-state index contributed by atoms with van der Waals surface area (Å²) in [5.74, 6) is 1.29. The van der Waals surface area contributed by atoms with E-state index in [4.69, 9.17) is 0 Å². The maximum atomic E-state index is 9.35.